The smallest absolute Gasteiger partial charge is 0.254 e. The number of carbonyl (C=O) groups excluding carboxylic acids is 1. The molecule has 1 aromatic heterocycles. The number of rotatable bonds is 6. The largest absolute Gasteiger partial charge is 0.381 e. The van der Waals surface area contributed by atoms with Gasteiger partial charge in [0.1, 0.15) is 5.82 Å². The Hall–Kier alpha value is -2.47. The Bertz CT molecular complexity index is 948. The molecule has 0 spiro atoms. The summed E-state index contributed by atoms with van der Waals surface area (Å²) >= 11 is 0. The minimum atomic E-state index is 0.0343. The van der Waals surface area contributed by atoms with Gasteiger partial charge < -0.3 is 15.0 Å². The third kappa shape index (κ3) is 4.59. The zero-order chi connectivity index (χ0) is 22.2. The van der Waals surface area contributed by atoms with Crippen molar-refractivity contribution in [1.29, 1.82) is 0 Å². The lowest BCUT2D eigenvalue weighted by molar-refractivity contribution is -0.127. The summed E-state index contributed by atoms with van der Waals surface area (Å²) in [7, 11) is 0. The van der Waals surface area contributed by atoms with E-state index in [4.69, 9.17) is 9.72 Å². The van der Waals surface area contributed by atoms with Crippen LogP contribution in [0.4, 0.5) is 0 Å². The Labute approximate surface area is 185 Å². The topological polar surface area (TPSA) is 66.8 Å². The van der Waals surface area contributed by atoms with Crippen molar-refractivity contribution < 1.29 is 9.53 Å². The first-order valence-corrected chi connectivity index (χ1v) is 11.3. The van der Waals surface area contributed by atoms with Crippen LogP contribution in [0.25, 0.3) is 0 Å². The lowest BCUT2D eigenvalue weighted by atomic mass is 9.92. The van der Waals surface area contributed by atoms with Crippen molar-refractivity contribution in [2.45, 2.75) is 77.9 Å². The van der Waals surface area contributed by atoms with Gasteiger partial charge in [0.05, 0.1) is 12.2 Å². The van der Waals surface area contributed by atoms with E-state index in [1.54, 1.807) is 0 Å². The highest BCUT2D eigenvalue weighted by molar-refractivity contribution is 5.98. The van der Waals surface area contributed by atoms with E-state index in [1.807, 2.05) is 31.9 Å². The van der Waals surface area contributed by atoms with Gasteiger partial charge in [-0.3, -0.25) is 9.78 Å². The van der Waals surface area contributed by atoms with Gasteiger partial charge in [0.25, 0.3) is 5.91 Å². The molecule has 1 aliphatic carbocycles. The van der Waals surface area contributed by atoms with Gasteiger partial charge in [-0.25, -0.2) is 4.99 Å². The van der Waals surface area contributed by atoms with E-state index in [2.05, 4.69) is 30.0 Å². The lowest BCUT2D eigenvalue weighted by Crippen LogP contribution is -2.31. The molecule has 0 atom stereocenters. The first-order valence-electron chi connectivity index (χ1n) is 11.3. The van der Waals surface area contributed by atoms with Crippen molar-refractivity contribution in [3.63, 3.8) is 0 Å². The summed E-state index contributed by atoms with van der Waals surface area (Å²) in [5.74, 6) is 1.25. The maximum Gasteiger partial charge on any atom is 0.254 e. The van der Waals surface area contributed by atoms with Crippen molar-refractivity contribution in [2.24, 2.45) is 4.99 Å². The molecular formula is C25H34N4O2. The van der Waals surface area contributed by atoms with Crippen LogP contribution in [0.1, 0.15) is 76.1 Å². The fraction of sp³-hybridized carbons (Fsp3) is 0.560. The number of allylic oxidation sites excluding steroid dienone is 1. The molecule has 2 aliphatic heterocycles. The molecule has 1 saturated carbocycles. The Morgan fingerprint density at radius 2 is 1.97 bits per heavy atom. The predicted molar refractivity (Wildman–Crippen MR) is 123 cm³/mol. The van der Waals surface area contributed by atoms with Crippen LogP contribution in [0.3, 0.4) is 0 Å². The van der Waals surface area contributed by atoms with Gasteiger partial charge in [-0.1, -0.05) is 11.6 Å². The van der Waals surface area contributed by atoms with Crippen molar-refractivity contribution in [3.05, 3.63) is 51.6 Å². The molecule has 166 valence electrons. The van der Waals surface area contributed by atoms with E-state index in [9.17, 15) is 4.79 Å². The van der Waals surface area contributed by atoms with E-state index in [0.717, 1.165) is 66.9 Å². The molecule has 4 rings (SSSR count). The average molecular weight is 423 g/mol. The summed E-state index contributed by atoms with van der Waals surface area (Å²) in [6.45, 7) is 14.6. The molecule has 1 amide bonds. The van der Waals surface area contributed by atoms with Crippen LogP contribution < -0.4 is 5.32 Å². The maximum atomic E-state index is 13.6. The number of ether oxygens (including phenoxy) is 1. The molecule has 6 heteroatoms. The average Bonchev–Trinajstić information content (AvgIpc) is 3.33. The van der Waals surface area contributed by atoms with Crippen LogP contribution in [0.2, 0.25) is 0 Å². The second-order valence-electron chi connectivity index (χ2n) is 9.61. The number of hydrogen-bond acceptors (Lipinski definition) is 5. The number of carbonyl (C=O) groups is 1. The zero-order valence-electron chi connectivity index (χ0n) is 19.3. The number of hydrogen-bond donors (Lipinski definition) is 1. The van der Waals surface area contributed by atoms with Crippen molar-refractivity contribution >= 4 is 12.6 Å². The summed E-state index contributed by atoms with van der Waals surface area (Å²) < 4.78 is 5.50. The standard InChI is InChI=1S/C25H34N4O2/c1-16(2)22(17(3)23(26-5)28-25(4)8-9-25)24(30)29-14-20-12-19(13-27-21(20)15-29)18-6-10-31-11-7-18/h12-13,18,28H,5-11,14-15H2,1-4H3/b23-17-. The monoisotopic (exact) mass is 422 g/mol. The fourth-order valence-corrected chi connectivity index (χ4v) is 4.55. The molecule has 1 N–H and O–H groups in total. The van der Waals surface area contributed by atoms with Crippen LogP contribution in [-0.2, 0) is 22.6 Å². The number of amides is 1. The van der Waals surface area contributed by atoms with E-state index >= 15 is 0 Å². The zero-order valence-corrected chi connectivity index (χ0v) is 19.3. The Kier molecular flexibility index (Phi) is 6.02. The second-order valence-corrected chi connectivity index (χ2v) is 9.61. The SMILES string of the molecule is C=N/C(NC1(C)CC1)=C(\C)C(C(=O)N1Cc2cc(C3CCOCC3)cnc2C1)=C(C)C. The molecule has 0 aromatic carbocycles. The minimum absolute atomic E-state index is 0.0343. The van der Waals surface area contributed by atoms with Crippen LogP contribution in [0, 0.1) is 0 Å². The van der Waals surface area contributed by atoms with Gasteiger partial charge in [0.2, 0.25) is 0 Å². The molecule has 0 unspecified atom stereocenters. The van der Waals surface area contributed by atoms with Gasteiger partial charge in [0.15, 0.2) is 0 Å². The Balaban J connectivity index is 1.54. The molecule has 1 aromatic rings. The van der Waals surface area contributed by atoms with E-state index in [-0.39, 0.29) is 11.4 Å². The van der Waals surface area contributed by atoms with Crippen LogP contribution in [-0.4, -0.2) is 41.3 Å². The van der Waals surface area contributed by atoms with Crippen molar-refractivity contribution in [2.75, 3.05) is 13.2 Å². The van der Waals surface area contributed by atoms with E-state index in [0.29, 0.717) is 24.8 Å². The van der Waals surface area contributed by atoms with Gasteiger partial charge in [-0.2, -0.15) is 0 Å². The van der Waals surface area contributed by atoms with Crippen molar-refractivity contribution in [3.8, 4) is 0 Å². The third-order valence-electron chi connectivity index (χ3n) is 6.79. The molecule has 6 nitrogen and oxygen atoms in total. The fourth-order valence-electron chi connectivity index (χ4n) is 4.55. The van der Waals surface area contributed by atoms with Gasteiger partial charge >= 0.3 is 0 Å². The van der Waals surface area contributed by atoms with E-state index in [1.165, 1.54) is 5.56 Å². The Morgan fingerprint density at radius 1 is 1.26 bits per heavy atom. The van der Waals surface area contributed by atoms with Crippen LogP contribution >= 0.6 is 0 Å². The summed E-state index contributed by atoms with van der Waals surface area (Å²) in [4.78, 5) is 24.4. The first-order chi connectivity index (χ1) is 14.8. The normalized spacial score (nSPS) is 20.6. The van der Waals surface area contributed by atoms with Gasteiger partial charge in [-0.15, -0.1) is 0 Å². The number of nitrogens with zero attached hydrogens (tertiary/aromatic N) is 3. The predicted octanol–water partition coefficient (Wildman–Crippen LogP) is 4.23. The molecule has 1 saturated heterocycles. The van der Waals surface area contributed by atoms with Crippen LogP contribution in [0.5, 0.6) is 0 Å². The summed E-state index contributed by atoms with van der Waals surface area (Å²) in [5, 5.41) is 3.48. The summed E-state index contributed by atoms with van der Waals surface area (Å²) in [6.07, 6.45) is 6.30. The molecule has 2 fully saturated rings. The minimum Gasteiger partial charge on any atom is -0.381 e. The van der Waals surface area contributed by atoms with Crippen LogP contribution in [0.15, 0.2) is 39.8 Å². The molecule has 0 bridgehead atoms. The maximum absolute atomic E-state index is 13.6. The number of fused-ring (bicyclic) bond motifs is 1. The Morgan fingerprint density at radius 3 is 2.58 bits per heavy atom. The number of aliphatic imine (C=N–C) groups is 1. The number of pyridine rings is 1. The molecule has 0 radical (unpaired) electrons. The molecule has 3 aliphatic rings. The number of nitrogens with one attached hydrogen (secondary N) is 1. The first kappa shape index (κ1) is 21.8. The third-order valence-corrected chi connectivity index (χ3v) is 6.79. The summed E-state index contributed by atoms with van der Waals surface area (Å²) in [5.41, 5.74) is 6.08. The van der Waals surface area contributed by atoms with E-state index < -0.39 is 0 Å². The molecular weight excluding hydrogens is 388 g/mol. The molecule has 31 heavy (non-hydrogen) atoms. The van der Waals surface area contributed by atoms with Gasteiger partial charge in [0, 0.05) is 42.6 Å². The molecule has 3 heterocycles. The van der Waals surface area contributed by atoms with Gasteiger partial charge in [-0.05, 0) is 77.1 Å². The lowest BCUT2D eigenvalue weighted by Gasteiger charge is -2.22. The number of aromatic nitrogens is 1. The highest BCUT2D eigenvalue weighted by Crippen LogP contribution is 2.37. The second kappa shape index (κ2) is 8.58. The summed E-state index contributed by atoms with van der Waals surface area (Å²) in [6, 6.07) is 2.25. The highest BCUT2D eigenvalue weighted by atomic mass is 16.5. The quantitative estimate of drug-likeness (QED) is 0.423. The van der Waals surface area contributed by atoms with Crippen molar-refractivity contribution in [1.82, 2.24) is 15.2 Å². The highest BCUT2D eigenvalue weighted by Gasteiger charge is 2.38.